The lowest BCUT2D eigenvalue weighted by Crippen LogP contribution is -2.46. The summed E-state index contributed by atoms with van der Waals surface area (Å²) >= 11 is 0. The van der Waals surface area contributed by atoms with Crippen LogP contribution in [0.15, 0.2) is 53.4 Å². The fraction of sp³-hybridized carbons (Fsp3) is 0.278. The van der Waals surface area contributed by atoms with Crippen LogP contribution >= 0.6 is 0 Å². The minimum atomic E-state index is -3.82. The standard InChI is InChI=1S/C18H19N3O6S/c22-17-4-2-1-3-16(17)18(23)20-11-9-13(10-12-20)19-28(26,27)15-7-5-14(6-8-15)21(24)25/h1-8,13,19,22H,9-12H2. The highest BCUT2D eigenvalue weighted by molar-refractivity contribution is 7.89. The first kappa shape index (κ1) is 19.8. The maximum absolute atomic E-state index is 12.5. The summed E-state index contributed by atoms with van der Waals surface area (Å²) < 4.78 is 27.5. The van der Waals surface area contributed by atoms with Crippen molar-refractivity contribution in [3.05, 3.63) is 64.2 Å². The number of nitro groups is 1. The molecule has 1 heterocycles. The summed E-state index contributed by atoms with van der Waals surface area (Å²) in [6.45, 7) is 0.696. The Morgan fingerprint density at radius 3 is 2.29 bits per heavy atom. The molecule has 10 heteroatoms. The second kappa shape index (κ2) is 7.95. The van der Waals surface area contributed by atoms with Crippen LogP contribution in [0.4, 0.5) is 5.69 Å². The van der Waals surface area contributed by atoms with Gasteiger partial charge in [0.15, 0.2) is 0 Å². The van der Waals surface area contributed by atoms with E-state index in [1.165, 1.54) is 18.2 Å². The highest BCUT2D eigenvalue weighted by atomic mass is 32.2. The second-order valence-electron chi connectivity index (χ2n) is 6.46. The zero-order valence-corrected chi connectivity index (χ0v) is 15.6. The van der Waals surface area contributed by atoms with E-state index in [-0.39, 0.29) is 33.8 Å². The van der Waals surface area contributed by atoms with E-state index in [2.05, 4.69) is 4.72 Å². The first-order chi connectivity index (χ1) is 13.3. The van der Waals surface area contributed by atoms with Crippen LogP contribution in [-0.2, 0) is 10.0 Å². The molecule has 1 amide bonds. The summed E-state index contributed by atoms with van der Waals surface area (Å²) in [6, 6.07) is 10.6. The molecule has 2 aromatic rings. The minimum Gasteiger partial charge on any atom is -0.507 e. The van der Waals surface area contributed by atoms with Gasteiger partial charge in [-0.05, 0) is 37.1 Å². The molecule has 0 aromatic heterocycles. The molecule has 9 nitrogen and oxygen atoms in total. The van der Waals surface area contributed by atoms with E-state index in [1.54, 1.807) is 23.1 Å². The van der Waals surface area contributed by atoms with Crippen LogP contribution in [0.1, 0.15) is 23.2 Å². The van der Waals surface area contributed by atoms with Crippen LogP contribution in [0, 0.1) is 10.1 Å². The van der Waals surface area contributed by atoms with Crippen LogP contribution in [-0.4, -0.2) is 48.4 Å². The number of non-ortho nitro benzene ring substituents is 1. The average Bonchev–Trinajstić information content (AvgIpc) is 2.68. The summed E-state index contributed by atoms with van der Waals surface area (Å²) in [4.78, 5) is 24.1. The Morgan fingerprint density at radius 1 is 1.11 bits per heavy atom. The van der Waals surface area contributed by atoms with Crippen LogP contribution in [0.5, 0.6) is 5.75 Å². The molecule has 0 spiro atoms. The van der Waals surface area contributed by atoms with Gasteiger partial charge >= 0.3 is 0 Å². The van der Waals surface area contributed by atoms with Crippen molar-refractivity contribution in [1.82, 2.24) is 9.62 Å². The van der Waals surface area contributed by atoms with E-state index < -0.39 is 14.9 Å². The lowest BCUT2D eigenvalue weighted by molar-refractivity contribution is -0.384. The number of amides is 1. The number of likely N-dealkylation sites (tertiary alicyclic amines) is 1. The predicted octanol–water partition coefficient (Wildman–Crippen LogP) is 1.88. The fourth-order valence-corrected chi connectivity index (χ4v) is 4.36. The van der Waals surface area contributed by atoms with Crippen LogP contribution in [0.3, 0.4) is 0 Å². The third kappa shape index (κ3) is 4.29. The van der Waals surface area contributed by atoms with Gasteiger partial charge in [-0.25, -0.2) is 13.1 Å². The van der Waals surface area contributed by atoms with Crippen molar-refractivity contribution in [3.8, 4) is 5.75 Å². The molecule has 0 unspecified atom stereocenters. The summed E-state index contributed by atoms with van der Waals surface area (Å²) in [5.74, 6) is -0.386. The number of nitrogens with one attached hydrogen (secondary N) is 1. The maximum atomic E-state index is 12.5. The molecule has 3 rings (SSSR count). The van der Waals surface area contributed by atoms with Gasteiger partial charge in [0, 0.05) is 31.3 Å². The number of nitro benzene ring substituents is 1. The molecule has 0 aliphatic carbocycles. The number of piperidine rings is 1. The molecule has 1 fully saturated rings. The van der Waals surface area contributed by atoms with E-state index in [9.17, 15) is 28.4 Å². The molecular formula is C18H19N3O6S. The number of hydrogen-bond acceptors (Lipinski definition) is 6. The monoisotopic (exact) mass is 405 g/mol. The summed E-state index contributed by atoms with van der Waals surface area (Å²) in [6.07, 6.45) is 0.844. The number of benzene rings is 2. The molecule has 0 saturated carbocycles. The lowest BCUT2D eigenvalue weighted by atomic mass is 10.0. The third-order valence-corrected chi connectivity index (χ3v) is 6.13. The lowest BCUT2D eigenvalue weighted by Gasteiger charge is -2.32. The van der Waals surface area contributed by atoms with Crippen molar-refractivity contribution in [1.29, 1.82) is 0 Å². The Bertz CT molecular complexity index is 983. The molecule has 2 aromatic carbocycles. The van der Waals surface area contributed by atoms with E-state index >= 15 is 0 Å². The van der Waals surface area contributed by atoms with E-state index in [0.29, 0.717) is 25.9 Å². The number of aromatic hydroxyl groups is 1. The zero-order valence-electron chi connectivity index (χ0n) is 14.8. The molecule has 0 bridgehead atoms. The maximum Gasteiger partial charge on any atom is 0.269 e. The molecule has 0 radical (unpaired) electrons. The smallest absolute Gasteiger partial charge is 0.269 e. The number of sulfonamides is 1. The second-order valence-corrected chi connectivity index (χ2v) is 8.17. The fourth-order valence-electron chi connectivity index (χ4n) is 3.06. The van der Waals surface area contributed by atoms with Gasteiger partial charge in [-0.1, -0.05) is 12.1 Å². The Balaban J connectivity index is 1.61. The van der Waals surface area contributed by atoms with E-state index in [4.69, 9.17) is 0 Å². The minimum absolute atomic E-state index is 0.0502. The summed E-state index contributed by atoms with van der Waals surface area (Å²) in [5, 5.41) is 20.5. The van der Waals surface area contributed by atoms with Gasteiger partial charge in [0.25, 0.3) is 11.6 Å². The number of phenolic OH excluding ortho intramolecular Hbond substituents is 1. The number of hydrogen-bond donors (Lipinski definition) is 2. The SMILES string of the molecule is O=C(c1ccccc1O)N1CCC(NS(=O)(=O)c2ccc([N+](=O)[O-])cc2)CC1. The number of nitrogens with zero attached hydrogens (tertiary/aromatic N) is 2. The molecular weight excluding hydrogens is 386 g/mol. The number of carbonyl (C=O) groups is 1. The van der Waals surface area contributed by atoms with Crippen molar-refractivity contribution >= 4 is 21.6 Å². The molecule has 1 saturated heterocycles. The molecule has 2 N–H and O–H groups in total. The number of para-hydroxylation sites is 1. The molecule has 0 atom stereocenters. The highest BCUT2D eigenvalue weighted by Gasteiger charge is 2.28. The number of carbonyl (C=O) groups excluding carboxylic acids is 1. The largest absolute Gasteiger partial charge is 0.507 e. The highest BCUT2D eigenvalue weighted by Crippen LogP contribution is 2.22. The van der Waals surface area contributed by atoms with Crippen molar-refractivity contribution in [2.24, 2.45) is 0 Å². The van der Waals surface area contributed by atoms with Crippen LogP contribution < -0.4 is 4.72 Å². The van der Waals surface area contributed by atoms with E-state index in [1.807, 2.05) is 0 Å². The summed E-state index contributed by atoms with van der Waals surface area (Å²) in [7, 11) is -3.82. The van der Waals surface area contributed by atoms with Crippen molar-refractivity contribution in [2.75, 3.05) is 13.1 Å². The quantitative estimate of drug-likeness (QED) is 0.577. The molecule has 1 aliphatic rings. The van der Waals surface area contributed by atoms with Gasteiger partial charge in [0.05, 0.1) is 15.4 Å². The van der Waals surface area contributed by atoms with Gasteiger partial charge < -0.3 is 10.0 Å². The Hall–Kier alpha value is -2.98. The first-order valence-corrected chi connectivity index (χ1v) is 10.1. The van der Waals surface area contributed by atoms with Gasteiger partial charge in [-0.3, -0.25) is 14.9 Å². The van der Waals surface area contributed by atoms with Crippen LogP contribution in [0.2, 0.25) is 0 Å². The average molecular weight is 405 g/mol. The van der Waals surface area contributed by atoms with Gasteiger partial charge in [-0.15, -0.1) is 0 Å². The van der Waals surface area contributed by atoms with Crippen molar-refractivity contribution in [3.63, 3.8) is 0 Å². The van der Waals surface area contributed by atoms with Gasteiger partial charge in [-0.2, -0.15) is 0 Å². The Kier molecular flexibility index (Phi) is 5.61. The van der Waals surface area contributed by atoms with Crippen molar-refractivity contribution in [2.45, 2.75) is 23.8 Å². The molecule has 1 aliphatic heterocycles. The topological polar surface area (TPSA) is 130 Å². The van der Waals surface area contributed by atoms with Crippen LogP contribution in [0.25, 0.3) is 0 Å². The zero-order chi connectivity index (χ0) is 20.3. The number of rotatable bonds is 5. The normalized spacial score (nSPS) is 15.4. The van der Waals surface area contributed by atoms with Gasteiger partial charge in [0.2, 0.25) is 10.0 Å². The summed E-state index contributed by atoms with van der Waals surface area (Å²) in [5.41, 5.74) is 0.0299. The first-order valence-electron chi connectivity index (χ1n) is 8.62. The number of phenols is 1. The Labute approximate surface area is 161 Å². The predicted molar refractivity (Wildman–Crippen MR) is 100 cm³/mol. The van der Waals surface area contributed by atoms with E-state index in [0.717, 1.165) is 12.1 Å². The third-order valence-electron chi connectivity index (χ3n) is 4.60. The van der Waals surface area contributed by atoms with Crippen molar-refractivity contribution < 1.29 is 23.2 Å². The van der Waals surface area contributed by atoms with Gasteiger partial charge in [0.1, 0.15) is 5.75 Å². The molecule has 28 heavy (non-hydrogen) atoms. The Morgan fingerprint density at radius 2 is 1.71 bits per heavy atom. The molecule has 148 valence electrons.